The van der Waals surface area contributed by atoms with Crippen molar-refractivity contribution in [3.05, 3.63) is 23.9 Å². The first kappa shape index (κ1) is 18.6. The van der Waals surface area contributed by atoms with Crippen LogP contribution in [0.4, 0.5) is 0 Å². The van der Waals surface area contributed by atoms with Gasteiger partial charge < -0.3 is 15.4 Å². The van der Waals surface area contributed by atoms with Gasteiger partial charge in [0.15, 0.2) is 5.96 Å². The van der Waals surface area contributed by atoms with Crippen LogP contribution in [-0.2, 0) is 6.54 Å². The van der Waals surface area contributed by atoms with Crippen LogP contribution in [0.3, 0.4) is 0 Å². The van der Waals surface area contributed by atoms with Crippen LogP contribution in [0.1, 0.15) is 32.3 Å². The van der Waals surface area contributed by atoms with Crippen LogP contribution in [-0.4, -0.2) is 42.6 Å². The molecule has 2 N–H and O–H groups in total. The lowest BCUT2D eigenvalue weighted by Gasteiger charge is -2.12. The standard InChI is InChI=1S/C16H28N4OS/c1-4-6-11-21-15-14(8-7-9-18-15)13-20-16(17-5-2)19-10-12-22-3/h7-9H,4-6,10-13H2,1-3H3,(H2,17,19,20). The van der Waals surface area contributed by atoms with E-state index in [-0.39, 0.29) is 0 Å². The molecule has 0 radical (unpaired) electrons. The van der Waals surface area contributed by atoms with Crippen LogP contribution in [0.5, 0.6) is 5.88 Å². The van der Waals surface area contributed by atoms with E-state index in [0.717, 1.165) is 43.2 Å². The van der Waals surface area contributed by atoms with Crippen molar-refractivity contribution in [2.24, 2.45) is 4.99 Å². The fraction of sp³-hybridized carbons (Fsp3) is 0.625. The lowest BCUT2D eigenvalue weighted by Crippen LogP contribution is -2.38. The predicted molar refractivity (Wildman–Crippen MR) is 95.8 cm³/mol. The molecule has 0 aliphatic heterocycles. The highest BCUT2D eigenvalue weighted by Gasteiger charge is 2.05. The van der Waals surface area contributed by atoms with Crippen LogP contribution >= 0.6 is 11.8 Å². The summed E-state index contributed by atoms with van der Waals surface area (Å²) in [6.45, 7) is 7.23. The Balaban J connectivity index is 2.63. The molecule has 0 fully saturated rings. The van der Waals surface area contributed by atoms with Gasteiger partial charge in [-0.25, -0.2) is 9.98 Å². The maximum atomic E-state index is 5.74. The number of guanidine groups is 1. The van der Waals surface area contributed by atoms with E-state index in [0.29, 0.717) is 19.0 Å². The second kappa shape index (κ2) is 12.1. The fourth-order valence-corrected chi connectivity index (χ4v) is 2.07. The van der Waals surface area contributed by atoms with Gasteiger partial charge in [-0.1, -0.05) is 19.4 Å². The van der Waals surface area contributed by atoms with Crippen molar-refractivity contribution < 1.29 is 4.74 Å². The lowest BCUT2D eigenvalue weighted by atomic mass is 10.3. The van der Waals surface area contributed by atoms with Crippen molar-refractivity contribution in [3.8, 4) is 5.88 Å². The Hall–Kier alpha value is -1.43. The molecular weight excluding hydrogens is 296 g/mol. The largest absolute Gasteiger partial charge is 0.477 e. The number of hydrogen-bond acceptors (Lipinski definition) is 4. The van der Waals surface area contributed by atoms with E-state index in [4.69, 9.17) is 4.74 Å². The maximum absolute atomic E-state index is 5.74. The topological polar surface area (TPSA) is 58.5 Å². The van der Waals surface area contributed by atoms with E-state index in [1.807, 2.05) is 23.9 Å². The molecule has 6 heteroatoms. The molecule has 0 atom stereocenters. The number of nitrogens with one attached hydrogen (secondary N) is 2. The number of nitrogens with zero attached hydrogens (tertiary/aromatic N) is 2. The third-order valence-corrected chi connectivity index (χ3v) is 3.55. The van der Waals surface area contributed by atoms with Crippen molar-refractivity contribution in [3.63, 3.8) is 0 Å². The SMILES string of the molecule is CCCCOc1ncccc1CN=C(NCC)NCCSC. The Morgan fingerprint density at radius 3 is 2.95 bits per heavy atom. The van der Waals surface area contributed by atoms with Gasteiger partial charge in [-0.2, -0.15) is 11.8 Å². The van der Waals surface area contributed by atoms with Crippen molar-refractivity contribution in [1.82, 2.24) is 15.6 Å². The van der Waals surface area contributed by atoms with Gasteiger partial charge in [0.1, 0.15) is 0 Å². The zero-order chi connectivity index (χ0) is 16.0. The minimum Gasteiger partial charge on any atom is -0.477 e. The summed E-state index contributed by atoms with van der Waals surface area (Å²) in [6.07, 6.45) is 6.01. The summed E-state index contributed by atoms with van der Waals surface area (Å²) in [6, 6.07) is 3.94. The van der Waals surface area contributed by atoms with Gasteiger partial charge in [-0.3, -0.25) is 0 Å². The van der Waals surface area contributed by atoms with E-state index in [2.05, 4.69) is 40.7 Å². The molecule has 0 unspecified atom stereocenters. The average molecular weight is 324 g/mol. The molecule has 1 aromatic heterocycles. The average Bonchev–Trinajstić information content (AvgIpc) is 2.54. The van der Waals surface area contributed by atoms with Crippen molar-refractivity contribution >= 4 is 17.7 Å². The third-order valence-electron chi connectivity index (χ3n) is 2.94. The third kappa shape index (κ3) is 7.54. The molecule has 0 amide bonds. The summed E-state index contributed by atoms with van der Waals surface area (Å²) in [4.78, 5) is 8.92. The van der Waals surface area contributed by atoms with Crippen LogP contribution in [0.2, 0.25) is 0 Å². The minimum atomic E-state index is 0.559. The number of thioether (sulfide) groups is 1. The minimum absolute atomic E-state index is 0.559. The molecule has 1 heterocycles. The van der Waals surface area contributed by atoms with E-state index in [9.17, 15) is 0 Å². The Morgan fingerprint density at radius 2 is 2.23 bits per heavy atom. The number of hydrogen-bond donors (Lipinski definition) is 2. The van der Waals surface area contributed by atoms with Crippen molar-refractivity contribution in [2.75, 3.05) is 31.7 Å². The van der Waals surface area contributed by atoms with Gasteiger partial charge in [-0.15, -0.1) is 0 Å². The summed E-state index contributed by atoms with van der Waals surface area (Å²) < 4.78 is 5.74. The molecular formula is C16H28N4OS. The molecule has 0 saturated heterocycles. The van der Waals surface area contributed by atoms with Gasteiger partial charge in [0, 0.05) is 30.6 Å². The van der Waals surface area contributed by atoms with Gasteiger partial charge >= 0.3 is 0 Å². The molecule has 124 valence electrons. The first-order chi connectivity index (χ1) is 10.8. The number of aromatic nitrogens is 1. The first-order valence-corrected chi connectivity index (χ1v) is 9.29. The Bertz CT molecular complexity index is 440. The quantitative estimate of drug-likeness (QED) is 0.394. The molecule has 0 aromatic carbocycles. The summed E-state index contributed by atoms with van der Waals surface area (Å²) >= 11 is 1.81. The van der Waals surface area contributed by atoms with Gasteiger partial charge in [0.25, 0.3) is 0 Å². The zero-order valence-electron chi connectivity index (χ0n) is 13.9. The molecule has 5 nitrogen and oxygen atoms in total. The molecule has 0 saturated carbocycles. The molecule has 0 aliphatic carbocycles. The molecule has 0 bridgehead atoms. The highest BCUT2D eigenvalue weighted by atomic mass is 32.2. The van der Waals surface area contributed by atoms with Crippen molar-refractivity contribution in [1.29, 1.82) is 0 Å². The van der Waals surface area contributed by atoms with E-state index >= 15 is 0 Å². The number of rotatable bonds is 10. The normalized spacial score (nSPS) is 11.3. The second-order valence-electron chi connectivity index (χ2n) is 4.78. The molecule has 1 rings (SSSR count). The highest BCUT2D eigenvalue weighted by molar-refractivity contribution is 7.98. The van der Waals surface area contributed by atoms with Crippen LogP contribution in [0, 0.1) is 0 Å². The molecule has 0 spiro atoms. The Labute approximate surface area is 138 Å². The monoisotopic (exact) mass is 324 g/mol. The van der Waals surface area contributed by atoms with Gasteiger partial charge in [0.2, 0.25) is 5.88 Å². The Morgan fingerprint density at radius 1 is 1.36 bits per heavy atom. The number of ether oxygens (including phenoxy) is 1. The molecule has 1 aromatic rings. The smallest absolute Gasteiger partial charge is 0.218 e. The summed E-state index contributed by atoms with van der Waals surface area (Å²) in [5, 5.41) is 6.57. The zero-order valence-corrected chi connectivity index (χ0v) is 14.7. The summed E-state index contributed by atoms with van der Waals surface area (Å²) in [5.74, 6) is 2.59. The highest BCUT2D eigenvalue weighted by Crippen LogP contribution is 2.15. The van der Waals surface area contributed by atoms with Gasteiger partial charge in [0.05, 0.1) is 13.2 Å². The molecule has 22 heavy (non-hydrogen) atoms. The van der Waals surface area contributed by atoms with E-state index in [1.165, 1.54) is 0 Å². The van der Waals surface area contributed by atoms with Crippen LogP contribution in [0.25, 0.3) is 0 Å². The van der Waals surface area contributed by atoms with Crippen LogP contribution in [0.15, 0.2) is 23.3 Å². The van der Waals surface area contributed by atoms with Crippen molar-refractivity contribution in [2.45, 2.75) is 33.2 Å². The van der Waals surface area contributed by atoms with Gasteiger partial charge in [-0.05, 0) is 25.7 Å². The van der Waals surface area contributed by atoms with E-state index < -0.39 is 0 Å². The first-order valence-electron chi connectivity index (χ1n) is 7.89. The summed E-state index contributed by atoms with van der Waals surface area (Å²) in [5.41, 5.74) is 1.01. The number of aliphatic imine (C=N–C) groups is 1. The predicted octanol–water partition coefficient (Wildman–Crippen LogP) is 2.68. The Kier molecular flexibility index (Phi) is 10.3. The van der Waals surface area contributed by atoms with E-state index in [1.54, 1.807) is 6.20 Å². The maximum Gasteiger partial charge on any atom is 0.218 e. The molecule has 0 aliphatic rings. The second-order valence-corrected chi connectivity index (χ2v) is 5.77. The fourth-order valence-electron chi connectivity index (χ4n) is 1.77. The number of pyridine rings is 1. The number of unbranched alkanes of at least 4 members (excludes halogenated alkanes) is 1. The van der Waals surface area contributed by atoms with Crippen LogP contribution < -0.4 is 15.4 Å². The summed E-state index contributed by atoms with van der Waals surface area (Å²) in [7, 11) is 0. The lowest BCUT2D eigenvalue weighted by molar-refractivity contribution is 0.294.